The lowest BCUT2D eigenvalue weighted by Crippen LogP contribution is -2.16. The van der Waals surface area contributed by atoms with Crippen LogP contribution in [0, 0.1) is 6.92 Å². The number of fused-ring (bicyclic) bond motifs is 1. The van der Waals surface area contributed by atoms with Crippen molar-refractivity contribution in [3.63, 3.8) is 0 Å². The summed E-state index contributed by atoms with van der Waals surface area (Å²) in [5.74, 6) is 0.0572. The number of methoxy groups -OCH3 is 1. The number of carbonyl (C=O) groups is 1. The Morgan fingerprint density at radius 3 is 2.28 bits per heavy atom. The van der Waals surface area contributed by atoms with Crippen LogP contribution in [0.3, 0.4) is 0 Å². The number of hydrogen-bond acceptors (Lipinski definition) is 3. The average molecular weight is 349 g/mol. The van der Waals surface area contributed by atoms with E-state index in [1.165, 1.54) is 25.3 Å². The van der Waals surface area contributed by atoms with Crippen LogP contribution in [-0.4, -0.2) is 24.2 Å². The highest BCUT2D eigenvalue weighted by Crippen LogP contribution is 2.30. The number of benzene rings is 2. The van der Waals surface area contributed by atoms with Gasteiger partial charge in [0.05, 0.1) is 18.2 Å². The number of rotatable bonds is 4. The molecule has 4 nitrogen and oxygen atoms in total. The molecular formula is C18H14F3NO3. The van der Waals surface area contributed by atoms with Gasteiger partial charge in [0, 0.05) is 22.7 Å². The molecule has 3 aromatic rings. The summed E-state index contributed by atoms with van der Waals surface area (Å²) in [6.07, 6.45) is -4.77. The van der Waals surface area contributed by atoms with Gasteiger partial charge in [-0.2, -0.15) is 0 Å². The molecule has 0 fully saturated rings. The molecular weight excluding hydrogens is 335 g/mol. The van der Waals surface area contributed by atoms with E-state index in [9.17, 15) is 18.0 Å². The predicted molar refractivity (Wildman–Crippen MR) is 86.1 cm³/mol. The van der Waals surface area contributed by atoms with Crippen molar-refractivity contribution < 1.29 is 27.4 Å². The molecule has 0 saturated heterocycles. The molecule has 0 aliphatic heterocycles. The molecule has 0 aliphatic rings. The molecule has 0 radical (unpaired) electrons. The number of ether oxygens (including phenoxy) is 2. The first kappa shape index (κ1) is 16.9. The van der Waals surface area contributed by atoms with E-state index < -0.39 is 6.36 Å². The van der Waals surface area contributed by atoms with Crippen molar-refractivity contribution in [2.75, 3.05) is 7.11 Å². The van der Waals surface area contributed by atoms with E-state index in [4.69, 9.17) is 4.74 Å². The molecule has 0 spiro atoms. The molecule has 0 saturated carbocycles. The van der Waals surface area contributed by atoms with Crippen LogP contribution < -0.4 is 9.47 Å². The summed E-state index contributed by atoms with van der Waals surface area (Å²) in [5, 5.41) is 0.535. The van der Waals surface area contributed by atoms with Gasteiger partial charge < -0.3 is 14.5 Å². The minimum Gasteiger partial charge on any atom is -0.497 e. The maximum absolute atomic E-state index is 12.8. The lowest BCUT2D eigenvalue weighted by Gasteiger charge is -2.08. The molecule has 1 heterocycles. The van der Waals surface area contributed by atoms with Gasteiger partial charge in [-0.05, 0) is 43.3 Å². The van der Waals surface area contributed by atoms with E-state index in [0.29, 0.717) is 33.5 Å². The first-order chi connectivity index (χ1) is 11.8. The highest BCUT2D eigenvalue weighted by molar-refractivity contribution is 6.17. The summed E-state index contributed by atoms with van der Waals surface area (Å²) in [6, 6.07) is 10.5. The van der Waals surface area contributed by atoms with Gasteiger partial charge in [0.25, 0.3) is 0 Å². The third-order valence-electron chi connectivity index (χ3n) is 3.77. The second-order valence-electron chi connectivity index (χ2n) is 5.44. The van der Waals surface area contributed by atoms with Gasteiger partial charge in [-0.15, -0.1) is 13.2 Å². The standard InChI is InChI=1S/C18H14F3NO3/c1-10-16(17(23)11-3-5-12(24-2)6-4-11)14-8-7-13(9-15(14)22-10)25-18(19,20)21/h3-9,22H,1-2H3. The van der Waals surface area contributed by atoms with Gasteiger partial charge in [0.2, 0.25) is 0 Å². The van der Waals surface area contributed by atoms with E-state index in [1.54, 1.807) is 31.2 Å². The van der Waals surface area contributed by atoms with Crippen molar-refractivity contribution in [2.24, 2.45) is 0 Å². The Kier molecular flexibility index (Phi) is 4.16. The maximum atomic E-state index is 12.8. The number of carbonyl (C=O) groups excluding carboxylic acids is 1. The third-order valence-corrected chi connectivity index (χ3v) is 3.77. The Balaban J connectivity index is 2.00. The van der Waals surface area contributed by atoms with Crippen LogP contribution in [0.15, 0.2) is 42.5 Å². The van der Waals surface area contributed by atoms with Crippen LogP contribution in [-0.2, 0) is 0 Å². The van der Waals surface area contributed by atoms with Crippen molar-refractivity contribution in [1.82, 2.24) is 4.98 Å². The fourth-order valence-electron chi connectivity index (χ4n) is 2.69. The average Bonchev–Trinajstić information content (AvgIpc) is 2.87. The molecule has 0 aliphatic carbocycles. The SMILES string of the molecule is COc1ccc(C(=O)c2c(C)[nH]c3cc(OC(F)(F)F)ccc23)cc1. The lowest BCUT2D eigenvalue weighted by molar-refractivity contribution is -0.274. The molecule has 0 bridgehead atoms. The summed E-state index contributed by atoms with van der Waals surface area (Å²) in [4.78, 5) is 15.7. The van der Waals surface area contributed by atoms with Gasteiger partial charge in [0.15, 0.2) is 5.78 Å². The Morgan fingerprint density at radius 1 is 1.04 bits per heavy atom. The zero-order chi connectivity index (χ0) is 18.2. The van der Waals surface area contributed by atoms with E-state index in [1.807, 2.05) is 0 Å². The Morgan fingerprint density at radius 2 is 1.68 bits per heavy atom. The number of halogens is 3. The number of aryl methyl sites for hydroxylation is 1. The number of hydrogen-bond donors (Lipinski definition) is 1. The van der Waals surface area contributed by atoms with Crippen molar-refractivity contribution in [2.45, 2.75) is 13.3 Å². The minimum absolute atomic E-state index is 0.226. The Bertz CT molecular complexity index is 927. The monoisotopic (exact) mass is 349 g/mol. The van der Waals surface area contributed by atoms with Gasteiger partial charge in [-0.1, -0.05) is 0 Å². The number of aromatic amines is 1. The first-order valence-electron chi connectivity index (χ1n) is 7.35. The van der Waals surface area contributed by atoms with Crippen LogP contribution >= 0.6 is 0 Å². The maximum Gasteiger partial charge on any atom is 0.573 e. The molecule has 1 aromatic heterocycles. The van der Waals surface area contributed by atoms with E-state index in [0.717, 1.165) is 0 Å². The molecule has 1 N–H and O–H groups in total. The second-order valence-corrected chi connectivity index (χ2v) is 5.44. The van der Waals surface area contributed by atoms with Crippen LogP contribution in [0.4, 0.5) is 13.2 Å². The Labute approximate surface area is 141 Å². The minimum atomic E-state index is -4.77. The van der Waals surface area contributed by atoms with Crippen molar-refractivity contribution in [3.05, 3.63) is 59.3 Å². The summed E-state index contributed by atoms with van der Waals surface area (Å²) in [5.41, 5.74) is 1.84. The van der Waals surface area contributed by atoms with Crippen molar-refractivity contribution in [1.29, 1.82) is 0 Å². The fraction of sp³-hybridized carbons (Fsp3) is 0.167. The number of nitrogens with one attached hydrogen (secondary N) is 1. The van der Waals surface area contributed by atoms with E-state index in [-0.39, 0.29) is 11.5 Å². The zero-order valence-corrected chi connectivity index (χ0v) is 13.4. The summed E-state index contributed by atoms with van der Waals surface area (Å²) >= 11 is 0. The highest BCUT2D eigenvalue weighted by Gasteiger charge is 2.31. The predicted octanol–water partition coefficient (Wildman–Crippen LogP) is 4.61. The van der Waals surface area contributed by atoms with Gasteiger partial charge in [-0.25, -0.2) is 0 Å². The number of alkyl halides is 3. The quantitative estimate of drug-likeness (QED) is 0.700. The molecule has 3 rings (SSSR count). The molecule has 0 amide bonds. The third kappa shape index (κ3) is 3.45. The molecule has 25 heavy (non-hydrogen) atoms. The lowest BCUT2D eigenvalue weighted by atomic mass is 10.0. The largest absolute Gasteiger partial charge is 0.573 e. The summed E-state index contributed by atoms with van der Waals surface area (Å²) in [7, 11) is 1.53. The molecule has 0 atom stereocenters. The summed E-state index contributed by atoms with van der Waals surface area (Å²) in [6.45, 7) is 1.70. The summed E-state index contributed by atoms with van der Waals surface area (Å²) < 4.78 is 46.0. The second kappa shape index (κ2) is 6.16. The number of H-pyrrole nitrogens is 1. The Hall–Kier alpha value is -2.96. The van der Waals surface area contributed by atoms with Crippen molar-refractivity contribution >= 4 is 16.7 Å². The smallest absolute Gasteiger partial charge is 0.497 e. The van der Waals surface area contributed by atoms with Crippen LogP contribution in [0.1, 0.15) is 21.6 Å². The number of aromatic nitrogens is 1. The molecule has 7 heteroatoms. The molecule has 130 valence electrons. The highest BCUT2D eigenvalue weighted by atomic mass is 19.4. The van der Waals surface area contributed by atoms with Gasteiger partial charge in [-0.3, -0.25) is 4.79 Å². The normalized spacial score (nSPS) is 11.6. The van der Waals surface area contributed by atoms with Crippen LogP contribution in [0.5, 0.6) is 11.5 Å². The van der Waals surface area contributed by atoms with Gasteiger partial charge in [0.1, 0.15) is 11.5 Å². The van der Waals surface area contributed by atoms with Gasteiger partial charge >= 0.3 is 6.36 Å². The molecule has 0 unspecified atom stereocenters. The first-order valence-corrected chi connectivity index (χ1v) is 7.35. The topological polar surface area (TPSA) is 51.3 Å². The van der Waals surface area contributed by atoms with E-state index >= 15 is 0 Å². The van der Waals surface area contributed by atoms with Crippen LogP contribution in [0.2, 0.25) is 0 Å². The van der Waals surface area contributed by atoms with Crippen molar-refractivity contribution in [3.8, 4) is 11.5 Å². The molecule has 2 aromatic carbocycles. The fourth-order valence-corrected chi connectivity index (χ4v) is 2.69. The number of ketones is 1. The van der Waals surface area contributed by atoms with Crippen LogP contribution in [0.25, 0.3) is 10.9 Å². The van der Waals surface area contributed by atoms with E-state index in [2.05, 4.69) is 9.72 Å². The zero-order valence-electron chi connectivity index (χ0n) is 13.4.